The number of pyridine rings is 1. The minimum atomic E-state index is -0.0123. The summed E-state index contributed by atoms with van der Waals surface area (Å²) in [5, 5.41) is 0. The van der Waals surface area contributed by atoms with Gasteiger partial charge in [0.2, 0.25) is 5.78 Å². The van der Waals surface area contributed by atoms with Gasteiger partial charge in [0.05, 0.1) is 0 Å². The highest BCUT2D eigenvalue weighted by atomic mass is 16.1. The van der Waals surface area contributed by atoms with E-state index in [2.05, 4.69) is 11.9 Å². The molecule has 0 bridgehead atoms. The fourth-order valence-electron chi connectivity index (χ4n) is 1.11. The first-order chi connectivity index (χ1) is 6.84. The number of hydrogen-bond acceptors (Lipinski definition) is 2. The zero-order chi connectivity index (χ0) is 10.2. The van der Waals surface area contributed by atoms with Gasteiger partial charge < -0.3 is 0 Å². The molecule has 2 nitrogen and oxygen atoms in total. The van der Waals surface area contributed by atoms with E-state index < -0.39 is 0 Å². The van der Waals surface area contributed by atoms with E-state index in [9.17, 15) is 4.79 Å². The van der Waals surface area contributed by atoms with Crippen LogP contribution in [0.15, 0.2) is 36.5 Å². The summed E-state index contributed by atoms with van der Waals surface area (Å²) in [6.07, 6.45) is 8.41. The summed E-state index contributed by atoms with van der Waals surface area (Å²) in [5.41, 5.74) is 0.514. The van der Waals surface area contributed by atoms with Crippen LogP contribution < -0.4 is 0 Å². The van der Waals surface area contributed by atoms with Gasteiger partial charge in [-0.2, -0.15) is 0 Å². The Hall–Kier alpha value is -1.44. The predicted molar refractivity (Wildman–Crippen MR) is 57.2 cm³/mol. The summed E-state index contributed by atoms with van der Waals surface area (Å²) in [7, 11) is 0. The number of unbranched alkanes of at least 4 members (excludes halogenated alkanes) is 2. The maximum Gasteiger partial charge on any atom is 0.203 e. The molecule has 1 aromatic heterocycles. The molecule has 0 spiro atoms. The van der Waals surface area contributed by atoms with Crippen molar-refractivity contribution in [1.29, 1.82) is 0 Å². The lowest BCUT2D eigenvalue weighted by Crippen LogP contribution is -1.96. The lowest BCUT2D eigenvalue weighted by atomic mass is 10.2. The maximum atomic E-state index is 11.5. The van der Waals surface area contributed by atoms with Crippen LogP contribution in [0.5, 0.6) is 0 Å². The van der Waals surface area contributed by atoms with E-state index in [1.54, 1.807) is 24.4 Å². The van der Waals surface area contributed by atoms with Gasteiger partial charge in [0.25, 0.3) is 0 Å². The standard InChI is InChI=1S/C12H15NO/c1-2-3-4-5-9-12(14)11-8-6-7-10-13-11/h5-10H,2-4H2,1H3/b9-5+. The number of carbonyl (C=O) groups is 1. The molecule has 1 aromatic rings. The summed E-state index contributed by atoms with van der Waals surface area (Å²) < 4.78 is 0. The van der Waals surface area contributed by atoms with Gasteiger partial charge in [0, 0.05) is 6.20 Å². The number of ketones is 1. The van der Waals surface area contributed by atoms with Crippen molar-refractivity contribution in [2.75, 3.05) is 0 Å². The Labute approximate surface area is 84.7 Å². The fraction of sp³-hybridized carbons (Fsp3) is 0.333. The highest BCUT2D eigenvalue weighted by molar-refractivity contribution is 6.02. The number of rotatable bonds is 5. The van der Waals surface area contributed by atoms with Crippen molar-refractivity contribution in [3.8, 4) is 0 Å². The first-order valence-corrected chi connectivity index (χ1v) is 4.96. The molecule has 0 unspecified atom stereocenters. The van der Waals surface area contributed by atoms with Gasteiger partial charge in [-0.15, -0.1) is 0 Å². The predicted octanol–water partition coefficient (Wildman–Crippen LogP) is 3.01. The molecular weight excluding hydrogens is 174 g/mol. The third-order valence-electron chi connectivity index (χ3n) is 1.91. The van der Waals surface area contributed by atoms with Crippen LogP contribution in [-0.4, -0.2) is 10.8 Å². The minimum Gasteiger partial charge on any atom is -0.288 e. The molecule has 1 rings (SSSR count). The van der Waals surface area contributed by atoms with Crippen molar-refractivity contribution >= 4 is 5.78 Å². The number of carbonyl (C=O) groups excluding carboxylic acids is 1. The summed E-state index contributed by atoms with van der Waals surface area (Å²) >= 11 is 0. The highest BCUT2D eigenvalue weighted by Gasteiger charge is 1.99. The highest BCUT2D eigenvalue weighted by Crippen LogP contribution is 1.99. The molecule has 14 heavy (non-hydrogen) atoms. The molecule has 0 radical (unpaired) electrons. The van der Waals surface area contributed by atoms with Gasteiger partial charge in [-0.1, -0.05) is 31.9 Å². The fourth-order valence-corrected chi connectivity index (χ4v) is 1.11. The van der Waals surface area contributed by atoms with E-state index in [-0.39, 0.29) is 5.78 Å². The smallest absolute Gasteiger partial charge is 0.203 e. The Kier molecular flexibility index (Phi) is 4.62. The van der Waals surface area contributed by atoms with Gasteiger partial charge >= 0.3 is 0 Å². The largest absolute Gasteiger partial charge is 0.288 e. The minimum absolute atomic E-state index is 0.0123. The van der Waals surface area contributed by atoms with Crippen LogP contribution in [0.1, 0.15) is 36.7 Å². The molecular formula is C12H15NO. The Bertz CT molecular complexity index is 303. The third kappa shape index (κ3) is 3.52. The molecule has 0 aliphatic rings. The van der Waals surface area contributed by atoms with E-state index in [1.807, 2.05) is 12.1 Å². The summed E-state index contributed by atoms with van der Waals surface area (Å²) in [6.45, 7) is 2.13. The van der Waals surface area contributed by atoms with Gasteiger partial charge in [-0.05, 0) is 24.6 Å². The second kappa shape index (κ2) is 6.08. The third-order valence-corrected chi connectivity index (χ3v) is 1.91. The first-order valence-electron chi connectivity index (χ1n) is 4.96. The van der Waals surface area contributed by atoms with Crippen LogP contribution in [0, 0.1) is 0 Å². The van der Waals surface area contributed by atoms with Crippen molar-refractivity contribution < 1.29 is 4.79 Å². The molecule has 0 amide bonds. The van der Waals surface area contributed by atoms with Crippen molar-refractivity contribution in [3.63, 3.8) is 0 Å². The Morgan fingerprint density at radius 3 is 3.00 bits per heavy atom. The first kappa shape index (κ1) is 10.6. The average Bonchev–Trinajstić information content (AvgIpc) is 2.25. The molecule has 74 valence electrons. The molecule has 0 saturated carbocycles. The monoisotopic (exact) mass is 189 g/mol. The van der Waals surface area contributed by atoms with Crippen molar-refractivity contribution in [1.82, 2.24) is 4.98 Å². The maximum absolute atomic E-state index is 11.5. The topological polar surface area (TPSA) is 30.0 Å². The zero-order valence-electron chi connectivity index (χ0n) is 8.44. The van der Waals surface area contributed by atoms with Crippen LogP contribution in [0.25, 0.3) is 0 Å². The Morgan fingerprint density at radius 2 is 2.36 bits per heavy atom. The van der Waals surface area contributed by atoms with E-state index in [4.69, 9.17) is 0 Å². The summed E-state index contributed by atoms with van der Waals surface area (Å²) in [4.78, 5) is 15.4. The van der Waals surface area contributed by atoms with Crippen LogP contribution in [0.4, 0.5) is 0 Å². The number of nitrogens with zero attached hydrogens (tertiary/aromatic N) is 1. The normalized spacial score (nSPS) is 10.6. The average molecular weight is 189 g/mol. The van der Waals surface area contributed by atoms with Crippen molar-refractivity contribution in [2.45, 2.75) is 26.2 Å². The van der Waals surface area contributed by atoms with E-state index >= 15 is 0 Å². The number of aromatic nitrogens is 1. The second-order valence-electron chi connectivity index (χ2n) is 3.12. The molecule has 0 aromatic carbocycles. The molecule has 0 aliphatic carbocycles. The van der Waals surface area contributed by atoms with E-state index in [1.165, 1.54) is 0 Å². The van der Waals surface area contributed by atoms with Gasteiger partial charge in [-0.3, -0.25) is 9.78 Å². The zero-order valence-corrected chi connectivity index (χ0v) is 8.44. The number of hydrogen-bond donors (Lipinski definition) is 0. The van der Waals surface area contributed by atoms with Gasteiger partial charge in [0.15, 0.2) is 0 Å². The van der Waals surface area contributed by atoms with Gasteiger partial charge in [-0.25, -0.2) is 0 Å². The number of allylic oxidation sites excluding steroid dienone is 2. The van der Waals surface area contributed by atoms with Crippen molar-refractivity contribution in [3.05, 3.63) is 42.2 Å². The van der Waals surface area contributed by atoms with Crippen LogP contribution in [0.3, 0.4) is 0 Å². The molecule has 1 heterocycles. The molecule has 0 atom stereocenters. The Morgan fingerprint density at radius 1 is 1.50 bits per heavy atom. The second-order valence-corrected chi connectivity index (χ2v) is 3.12. The summed E-state index contributed by atoms with van der Waals surface area (Å²) in [5.74, 6) is -0.0123. The van der Waals surface area contributed by atoms with Crippen LogP contribution in [-0.2, 0) is 0 Å². The lowest BCUT2D eigenvalue weighted by molar-refractivity contribution is 0.104. The summed E-state index contributed by atoms with van der Waals surface area (Å²) in [6, 6.07) is 5.35. The van der Waals surface area contributed by atoms with E-state index in [0.29, 0.717) is 5.69 Å². The lowest BCUT2D eigenvalue weighted by Gasteiger charge is -1.92. The SMILES string of the molecule is CCCC/C=C/C(=O)c1ccccn1. The molecule has 2 heteroatoms. The quantitative estimate of drug-likeness (QED) is 0.405. The molecule has 0 aliphatic heterocycles. The molecule has 0 saturated heterocycles. The van der Waals surface area contributed by atoms with Crippen LogP contribution >= 0.6 is 0 Å². The Balaban J connectivity index is 2.47. The van der Waals surface area contributed by atoms with Gasteiger partial charge in [0.1, 0.15) is 5.69 Å². The van der Waals surface area contributed by atoms with E-state index in [0.717, 1.165) is 19.3 Å². The van der Waals surface area contributed by atoms with Crippen LogP contribution in [0.2, 0.25) is 0 Å². The van der Waals surface area contributed by atoms with Crippen molar-refractivity contribution in [2.24, 2.45) is 0 Å². The molecule has 0 fully saturated rings. The molecule has 0 N–H and O–H groups in total.